The van der Waals surface area contributed by atoms with Gasteiger partial charge in [-0.3, -0.25) is 9.80 Å². The molecule has 0 radical (unpaired) electrons. The zero-order valence-electron chi connectivity index (χ0n) is 11.6. The Morgan fingerprint density at radius 2 is 2.15 bits per heavy atom. The second kappa shape index (κ2) is 5.98. The molecule has 2 fully saturated rings. The van der Waals surface area contributed by atoms with E-state index < -0.39 is 0 Å². The number of nitrogens with two attached hydrogens (primary N) is 1. The van der Waals surface area contributed by atoms with Gasteiger partial charge in [-0.15, -0.1) is 0 Å². The van der Waals surface area contributed by atoms with E-state index in [0.717, 1.165) is 25.2 Å². The molecule has 0 saturated carbocycles. The highest BCUT2D eigenvalue weighted by Crippen LogP contribution is 2.29. The van der Waals surface area contributed by atoms with Gasteiger partial charge in [0.05, 0.1) is 0 Å². The van der Waals surface area contributed by atoms with Crippen LogP contribution in [0.25, 0.3) is 0 Å². The van der Waals surface area contributed by atoms with Gasteiger partial charge in [-0.1, -0.05) is 11.6 Å². The fourth-order valence-electron chi connectivity index (χ4n) is 3.56. The zero-order valence-corrected chi connectivity index (χ0v) is 12.3. The molecule has 110 valence electrons. The topological polar surface area (TPSA) is 32.5 Å². The van der Waals surface area contributed by atoms with Crippen LogP contribution in [0.4, 0.5) is 4.39 Å². The van der Waals surface area contributed by atoms with Gasteiger partial charge in [0.2, 0.25) is 0 Å². The quantitative estimate of drug-likeness (QED) is 0.929. The van der Waals surface area contributed by atoms with Crippen LogP contribution in [0.1, 0.15) is 24.4 Å². The predicted molar refractivity (Wildman–Crippen MR) is 79.4 cm³/mol. The summed E-state index contributed by atoms with van der Waals surface area (Å²) in [6.45, 7) is 4.82. The summed E-state index contributed by atoms with van der Waals surface area (Å²) >= 11 is 5.97. The number of piperazine rings is 1. The highest BCUT2D eigenvalue weighted by Gasteiger charge is 2.33. The molecular formula is C15H21ClFN3. The monoisotopic (exact) mass is 297 g/mol. The highest BCUT2D eigenvalue weighted by molar-refractivity contribution is 6.30. The van der Waals surface area contributed by atoms with Crippen LogP contribution in [0.2, 0.25) is 5.02 Å². The van der Waals surface area contributed by atoms with Crippen molar-refractivity contribution >= 4 is 11.6 Å². The smallest absolute Gasteiger partial charge is 0.125 e. The first-order chi connectivity index (χ1) is 9.67. The summed E-state index contributed by atoms with van der Waals surface area (Å²) in [5, 5.41) is 0.443. The van der Waals surface area contributed by atoms with Gasteiger partial charge in [0.25, 0.3) is 0 Å². The van der Waals surface area contributed by atoms with Crippen LogP contribution in [0.15, 0.2) is 18.2 Å². The third kappa shape index (κ3) is 2.84. The first-order valence-corrected chi connectivity index (χ1v) is 7.69. The van der Waals surface area contributed by atoms with Gasteiger partial charge in [-0.25, -0.2) is 4.39 Å². The predicted octanol–water partition coefficient (Wildman–Crippen LogP) is 2.26. The standard InChI is InChI=1S/C15H21ClFN3/c16-12-6-11(7-13(17)8-12)15(9-18)20-5-4-19-3-1-2-14(19)10-20/h6-8,14-15H,1-5,9-10,18H2. The minimum atomic E-state index is -0.287. The molecule has 2 saturated heterocycles. The largest absolute Gasteiger partial charge is 0.329 e. The Bertz CT molecular complexity index is 462. The molecule has 2 unspecified atom stereocenters. The zero-order chi connectivity index (χ0) is 14.1. The number of nitrogens with zero attached hydrogens (tertiary/aromatic N) is 2. The Morgan fingerprint density at radius 3 is 2.90 bits per heavy atom. The lowest BCUT2D eigenvalue weighted by atomic mass is 10.0. The third-order valence-electron chi connectivity index (χ3n) is 4.55. The van der Waals surface area contributed by atoms with Gasteiger partial charge in [-0.05, 0) is 43.1 Å². The van der Waals surface area contributed by atoms with Crippen molar-refractivity contribution in [2.24, 2.45) is 5.73 Å². The Hall–Kier alpha value is -0.680. The molecule has 2 aliphatic heterocycles. The average molecular weight is 298 g/mol. The molecule has 3 nitrogen and oxygen atoms in total. The van der Waals surface area contributed by atoms with Crippen LogP contribution in [0.3, 0.4) is 0 Å². The van der Waals surface area contributed by atoms with Gasteiger partial charge in [-0.2, -0.15) is 0 Å². The van der Waals surface area contributed by atoms with E-state index in [9.17, 15) is 4.39 Å². The molecule has 3 rings (SSSR count). The second-order valence-corrected chi connectivity index (χ2v) is 6.22. The Balaban J connectivity index is 1.79. The fraction of sp³-hybridized carbons (Fsp3) is 0.600. The number of rotatable bonds is 3. The summed E-state index contributed by atoms with van der Waals surface area (Å²) in [7, 11) is 0. The van der Waals surface area contributed by atoms with Crippen molar-refractivity contribution < 1.29 is 4.39 Å². The van der Waals surface area contributed by atoms with E-state index in [4.69, 9.17) is 17.3 Å². The molecule has 0 bridgehead atoms. The van der Waals surface area contributed by atoms with Gasteiger partial charge in [0, 0.05) is 43.3 Å². The Kier molecular flexibility index (Phi) is 4.26. The molecule has 2 N–H and O–H groups in total. The number of fused-ring (bicyclic) bond motifs is 1. The maximum atomic E-state index is 13.6. The maximum absolute atomic E-state index is 13.6. The lowest BCUT2D eigenvalue weighted by Gasteiger charge is -2.41. The van der Waals surface area contributed by atoms with E-state index >= 15 is 0 Å². The molecule has 5 heteroatoms. The third-order valence-corrected chi connectivity index (χ3v) is 4.77. The lowest BCUT2D eigenvalue weighted by molar-refractivity contribution is 0.0736. The molecule has 0 spiro atoms. The minimum Gasteiger partial charge on any atom is -0.329 e. The second-order valence-electron chi connectivity index (χ2n) is 5.78. The lowest BCUT2D eigenvalue weighted by Crippen LogP contribution is -2.52. The first-order valence-electron chi connectivity index (χ1n) is 7.31. The average Bonchev–Trinajstić information content (AvgIpc) is 2.86. The van der Waals surface area contributed by atoms with Crippen LogP contribution >= 0.6 is 11.6 Å². The minimum absolute atomic E-state index is 0.0611. The molecule has 2 atom stereocenters. The molecule has 20 heavy (non-hydrogen) atoms. The summed E-state index contributed by atoms with van der Waals surface area (Å²) in [6, 6.07) is 5.44. The van der Waals surface area contributed by atoms with E-state index in [1.54, 1.807) is 6.07 Å². The van der Waals surface area contributed by atoms with Crippen LogP contribution in [-0.2, 0) is 0 Å². The summed E-state index contributed by atoms with van der Waals surface area (Å²) < 4.78 is 13.6. The van der Waals surface area contributed by atoms with Crippen molar-refractivity contribution in [3.05, 3.63) is 34.6 Å². The van der Waals surface area contributed by atoms with E-state index in [1.165, 1.54) is 25.5 Å². The van der Waals surface area contributed by atoms with Crippen molar-refractivity contribution in [2.75, 3.05) is 32.7 Å². The summed E-state index contributed by atoms with van der Waals surface area (Å²) in [4.78, 5) is 4.94. The summed E-state index contributed by atoms with van der Waals surface area (Å²) in [5.41, 5.74) is 6.84. The van der Waals surface area contributed by atoms with Crippen molar-refractivity contribution in [3.63, 3.8) is 0 Å². The van der Waals surface area contributed by atoms with Gasteiger partial charge < -0.3 is 5.73 Å². The number of hydrogen-bond acceptors (Lipinski definition) is 3. The maximum Gasteiger partial charge on any atom is 0.125 e. The fourth-order valence-corrected chi connectivity index (χ4v) is 3.79. The number of halogens is 2. The molecule has 1 aromatic rings. The van der Waals surface area contributed by atoms with Gasteiger partial charge in [0.1, 0.15) is 5.82 Å². The van der Waals surface area contributed by atoms with Gasteiger partial charge >= 0.3 is 0 Å². The van der Waals surface area contributed by atoms with E-state index in [0.29, 0.717) is 17.6 Å². The molecule has 0 amide bonds. The highest BCUT2D eigenvalue weighted by atomic mass is 35.5. The van der Waals surface area contributed by atoms with Crippen molar-refractivity contribution in [1.82, 2.24) is 9.80 Å². The molecule has 0 aromatic heterocycles. The molecule has 2 heterocycles. The normalized spacial score (nSPS) is 25.6. The van der Waals surface area contributed by atoms with E-state index in [-0.39, 0.29) is 11.9 Å². The molecular weight excluding hydrogens is 277 g/mol. The summed E-state index contributed by atoms with van der Waals surface area (Å²) in [5.74, 6) is -0.287. The van der Waals surface area contributed by atoms with Crippen LogP contribution in [-0.4, -0.2) is 48.6 Å². The van der Waals surface area contributed by atoms with E-state index in [2.05, 4.69) is 9.80 Å². The van der Waals surface area contributed by atoms with Crippen LogP contribution < -0.4 is 5.73 Å². The SMILES string of the molecule is NCC(c1cc(F)cc(Cl)c1)N1CCN2CCCC2C1. The van der Waals surface area contributed by atoms with Crippen LogP contribution in [0.5, 0.6) is 0 Å². The van der Waals surface area contributed by atoms with Crippen molar-refractivity contribution in [2.45, 2.75) is 24.9 Å². The molecule has 0 aliphatic carbocycles. The molecule has 2 aliphatic rings. The number of hydrogen-bond donors (Lipinski definition) is 1. The van der Waals surface area contributed by atoms with Gasteiger partial charge in [0.15, 0.2) is 0 Å². The Labute approximate surface area is 124 Å². The van der Waals surface area contributed by atoms with E-state index in [1.807, 2.05) is 6.07 Å². The number of benzene rings is 1. The molecule has 1 aromatic carbocycles. The van der Waals surface area contributed by atoms with Crippen LogP contribution in [0, 0.1) is 5.82 Å². The Morgan fingerprint density at radius 1 is 1.30 bits per heavy atom. The van der Waals surface area contributed by atoms with Crippen molar-refractivity contribution in [3.8, 4) is 0 Å². The van der Waals surface area contributed by atoms with Crippen molar-refractivity contribution in [1.29, 1.82) is 0 Å². The first kappa shape index (κ1) is 14.3. The summed E-state index contributed by atoms with van der Waals surface area (Å²) in [6.07, 6.45) is 2.55.